The van der Waals surface area contributed by atoms with Crippen LogP contribution in [0.1, 0.15) is 51.6 Å². The van der Waals surface area contributed by atoms with E-state index in [0.717, 1.165) is 18.5 Å². The third-order valence-corrected chi connectivity index (χ3v) is 4.12. The fourth-order valence-electron chi connectivity index (χ4n) is 2.84. The van der Waals surface area contributed by atoms with Gasteiger partial charge in [-0.05, 0) is 24.3 Å². The largest absolute Gasteiger partial charge is 0.512 e. The van der Waals surface area contributed by atoms with Gasteiger partial charge in [0.15, 0.2) is 0 Å². The van der Waals surface area contributed by atoms with E-state index in [0.29, 0.717) is 24.3 Å². The molecule has 0 aromatic heterocycles. The number of hydrogen-bond acceptors (Lipinski definition) is 2. The molecule has 1 amide bonds. The summed E-state index contributed by atoms with van der Waals surface area (Å²) in [5, 5.41) is 10.2. The lowest BCUT2D eigenvalue weighted by molar-refractivity contribution is -0.131. The van der Waals surface area contributed by atoms with E-state index in [9.17, 15) is 9.90 Å². The summed E-state index contributed by atoms with van der Waals surface area (Å²) >= 11 is 0. The SMILES string of the molecule is CCC1=C(O)C[C@H](c2ccccc2)N(CCC(C)C)C1=O. The van der Waals surface area contributed by atoms with Gasteiger partial charge in [0.05, 0.1) is 11.6 Å². The molecule has 0 aliphatic carbocycles. The van der Waals surface area contributed by atoms with Gasteiger partial charge in [-0.1, -0.05) is 51.1 Å². The Hall–Kier alpha value is -1.77. The summed E-state index contributed by atoms with van der Waals surface area (Å²) in [7, 11) is 0. The van der Waals surface area contributed by atoms with E-state index in [4.69, 9.17) is 0 Å². The molecule has 0 saturated heterocycles. The maximum Gasteiger partial charge on any atom is 0.253 e. The number of hydrogen-bond donors (Lipinski definition) is 1. The van der Waals surface area contributed by atoms with E-state index in [-0.39, 0.29) is 17.7 Å². The van der Waals surface area contributed by atoms with Gasteiger partial charge in [-0.15, -0.1) is 0 Å². The number of aliphatic hydroxyl groups is 1. The Morgan fingerprint density at radius 1 is 1.29 bits per heavy atom. The van der Waals surface area contributed by atoms with Gasteiger partial charge in [-0.3, -0.25) is 4.79 Å². The molecule has 3 nitrogen and oxygen atoms in total. The minimum atomic E-state index is -0.0484. The van der Waals surface area contributed by atoms with Gasteiger partial charge in [0.1, 0.15) is 5.76 Å². The highest BCUT2D eigenvalue weighted by molar-refractivity contribution is 5.95. The zero-order valence-corrected chi connectivity index (χ0v) is 13.2. The van der Waals surface area contributed by atoms with Crippen molar-refractivity contribution in [3.05, 3.63) is 47.2 Å². The summed E-state index contributed by atoms with van der Waals surface area (Å²) in [6.07, 6.45) is 2.09. The van der Waals surface area contributed by atoms with Crippen LogP contribution in [0.5, 0.6) is 0 Å². The highest BCUT2D eigenvalue weighted by Crippen LogP contribution is 2.35. The zero-order valence-electron chi connectivity index (χ0n) is 13.2. The standard InChI is InChI=1S/C18H25NO2/c1-4-15-17(20)12-16(14-8-6-5-7-9-14)19(18(15)21)11-10-13(2)3/h5-9,13,16,20H,4,10-12H2,1-3H3/t16-/m1/s1. The van der Waals surface area contributed by atoms with Crippen molar-refractivity contribution in [2.45, 2.75) is 46.1 Å². The van der Waals surface area contributed by atoms with Crippen molar-refractivity contribution in [3.63, 3.8) is 0 Å². The van der Waals surface area contributed by atoms with Crippen LogP contribution in [0, 0.1) is 5.92 Å². The summed E-state index contributed by atoms with van der Waals surface area (Å²) in [5.41, 5.74) is 1.67. The lowest BCUT2D eigenvalue weighted by Gasteiger charge is -2.37. The molecular formula is C18H25NO2. The number of carbonyl (C=O) groups is 1. The first-order valence-corrected chi connectivity index (χ1v) is 7.81. The van der Waals surface area contributed by atoms with Crippen molar-refractivity contribution in [1.82, 2.24) is 4.90 Å². The third-order valence-electron chi connectivity index (χ3n) is 4.12. The number of amides is 1. The molecule has 1 aliphatic rings. The molecule has 0 bridgehead atoms. The lowest BCUT2D eigenvalue weighted by atomic mass is 9.92. The molecule has 0 fully saturated rings. The van der Waals surface area contributed by atoms with Crippen molar-refractivity contribution in [2.24, 2.45) is 5.92 Å². The first-order chi connectivity index (χ1) is 10.0. The molecule has 21 heavy (non-hydrogen) atoms. The highest BCUT2D eigenvalue weighted by atomic mass is 16.3. The Morgan fingerprint density at radius 2 is 1.95 bits per heavy atom. The van der Waals surface area contributed by atoms with Gasteiger partial charge in [0.25, 0.3) is 5.91 Å². The Balaban J connectivity index is 2.32. The third kappa shape index (κ3) is 3.46. The van der Waals surface area contributed by atoms with E-state index in [1.807, 2.05) is 42.2 Å². The predicted molar refractivity (Wildman–Crippen MR) is 84.9 cm³/mol. The number of benzene rings is 1. The van der Waals surface area contributed by atoms with Crippen LogP contribution in [0.25, 0.3) is 0 Å². The van der Waals surface area contributed by atoms with Gasteiger partial charge >= 0.3 is 0 Å². The number of aliphatic hydroxyl groups excluding tert-OH is 1. The van der Waals surface area contributed by atoms with E-state index < -0.39 is 0 Å². The molecule has 1 heterocycles. The summed E-state index contributed by atoms with van der Waals surface area (Å²) in [6.45, 7) is 7.00. The van der Waals surface area contributed by atoms with Crippen LogP contribution >= 0.6 is 0 Å². The van der Waals surface area contributed by atoms with Crippen molar-refractivity contribution in [2.75, 3.05) is 6.54 Å². The van der Waals surface area contributed by atoms with Crippen LogP contribution in [0.2, 0.25) is 0 Å². The molecule has 0 spiro atoms. The summed E-state index contributed by atoms with van der Waals surface area (Å²) in [5.74, 6) is 0.812. The van der Waals surface area contributed by atoms with Gasteiger partial charge in [-0.25, -0.2) is 0 Å². The van der Waals surface area contributed by atoms with Gasteiger partial charge in [0.2, 0.25) is 0 Å². The normalized spacial score (nSPS) is 19.5. The van der Waals surface area contributed by atoms with E-state index in [2.05, 4.69) is 13.8 Å². The van der Waals surface area contributed by atoms with Crippen molar-refractivity contribution in [1.29, 1.82) is 0 Å². The van der Waals surface area contributed by atoms with Crippen LogP contribution in [-0.4, -0.2) is 22.5 Å². The Kier molecular flexibility index (Phi) is 5.05. The fraction of sp³-hybridized carbons (Fsp3) is 0.500. The van der Waals surface area contributed by atoms with Crippen LogP contribution < -0.4 is 0 Å². The minimum absolute atomic E-state index is 0.00393. The molecular weight excluding hydrogens is 262 g/mol. The lowest BCUT2D eigenvalue weighted by Crippen LogP contribution is -2.41. The first kappa shape index (κ1) is 15.6. The van der Waals surface area contributed by atoms with Gasteiger partial charge < -0.3 is 10.0 Å². The quantitative estimate of drug-likeness (QED) is 0.880. The van der Waals surface area contributed by atoms with E-state index >= 15 is 0 Å². The first-order valence-electron chi connectivity index (χ1n) is 7.81. The fourth-order valence-corrected chi connectivity index (χ4v) is 2.84. The summed E-state index contributed by atoms with van der Waals surface area (Å²) < 4.78 is 0. The molecule has 114 valence electrons. The molecule has 1 N–H and O–H groups in total. The monoisotopic (exact) mass is 287 g/mol. The second kappa shape index (κ2) is 6.79. The Bertz CT molecular complexity index is 519. The van der Waals surface area contributed by atoms with E-state index in [1.54, 1.807) is 0 Å². The number of rotatable bonds is 5. The molecule has 0 unspecified atom stereocenters. The topological polar surface area (TPSA) is 40.5 Å². The summed E-state index contributed by atoms with van der Waals surface area (Å²) in [6, 6.07) is 9.95. The van der Waals surface area contributed by atoms with Crippen molar-refractivity contribution >= 4 is 5.91 Å². The molecule has 1 aromatic rings. The molecule has 0 radical (unpaired) electrons. The second-order valence-corrected chi connectivity index (χ2v) is 6.09. The molecule has 1 aliphatic heterocycles. The average Bonchev–Trinajstić information content (AvgIpc) is 2.47. The maximum absolute atomic E-state index is 12.7. The zero-order chi connectivity index (χ0) is 15.4. The van der Waals surface area contributed by atoms with E-state index in [1.165, 1.54) is 0 Å². The van der Waals surface area contributed by atoms with Crippen LogP contribution in [-0.2, 0) is 4.79 Å². The molecule has 0 saturated carbocycles. The van der Waals surface area contributed by atoms with Crippen molar-refractivity contribution in [3.8, 4) is 0 Å². The van der Waals surface area contributed by atoms with Crippen LogP contribution in [0.15, 0.2) is 41.7 Å². The summed E-state index contributed by atoms with van der Waals surface area (Å²) in [4.78, 5) is 14.6. The highest BCUT2D eigenvalue weighted by Gasteiger charge is 2.34. The molecule has 1 atom stereocenters. The molecule has 2 rings (SSSR count). The van der Waals surface area contributed by atoms with Crippen LogP contribution in [0.4, 0.5) is 0 Å². The van der Waals surface area contributed by atoms with Gasteiger partial charge in [0, 0.05) is 13.0 Å². The second-order valence-electron chi connectivity index (χ2n) is 6.09. The minimum Gasteiger partial charge on any atom is -0.512 e. The predicted octanol–water partition coefficient (Wildman–Crippen LogP) is 4.23. The Morgan fingerprint density at radius 3 is 2.52 bits per heavy atom. The Labute approximate surface area is 127 Å². The maximum atomic E-state index is 12.7. The van der Waals surface area contributed by atoms with Crippen molar-refractivity contribution < 1.29 is 9.90 Å². The number of carbonyl (C=O) groups excluding carboxylic acids is 1. The number of nitrogens with zero attached hydrogens (tertiary/aromatic N) is 1. The van der Waals surface area contributed by atoms with Crippen LogP contribution in [0.3, 0.4) is 0 Å². The van der Waals surface area contributed by atoms with Gasteiger partial charge in [-0.2, -0.15) is 0 Å². The molecule has 1 aromatic carbocycles. The molecule has 3 heteroatoms. The average molecular weight is 287 g/mol. The smallest absolute Gasteiger partial charge is 0.253 e.